The van der Waals surface area contributed by atoms with Crippen LogP contribution in [0.1, 0.15) is 35.9 Å². The van der Waals surface area contributed by atoms with Gasteiger partial charge in [0, 0.05) is 12.6 Å². The first kappa shape index (κ1) is 19.4. The third-order valence-corrected chi connectivity index (χ3v) is 5.67. The predicted molar refractivity (Wildman–Crippen MR) is 109 cm³/mol. The second kappa shape index (κ2) is 8.10. The zero-order valence-electron chi connectivity index (χ0n) is 15.4. The van der Waals surface area contributed by atoms with Gasteiger partial charge in [-0.15, -0.1) is 0 Å². The number of carbonyl (C=O) groups is 1. The molecule has 0 saturated carbocycles. The van der Waals surface area contributed by atoms with Crippen molar-refractivity contribution >= 4 is 46.0 Å². The summed E-state index contributed by atoms with van der Waals surface area (Å²) in [5, 5.41) is 3.30. The Labute approximate surface area is 164 Å². The van der Waals surface area contributed by atoms with Gasteiger partial charge in [-0.05, 0) is 24.7 Å². The lowest BCUT2D eigenvalue weighted by atomic mass is 10.2. The smallest absolute Gasteiger partial charge is 0.265 e. The lowest BCUT2D eigenvalue weighted by molar-refractivity contribution is 0.0958. The van der Waals surface area contributed by atoms with Gasteiger partial charge in [0.1, 0.15) is 10.5 Å². The van der Waals surface area contributed by atoms with E-state index >= 15 is 0 Å². The quantitative estimate of drug-likeness (QED) is 0.462. The molecule has 0 unspecified atom stereocenters. The van der Waals surface area contributed by atoms with Crippen molar-refractivity contribution in [3.63, 3.8) is 0 Å². The molecule has 0 aliphatic rings. The molecule has 2 heterocycles. The number of benzene rings is 1. The molecular formula is C18H21N3O4S2. The van der Waals surface area contributed by atoms with E-state index in [-0.39, 0.29) is 11.5 Å². The summed E-state index contributed by atoms with van der Waals surface area (Å²) < 4.78 is 12.8. The van der Waals surface area contributed by atoms with Gasteiger partial charge in [-0.2, -0.15) is 0 Å². The lowest BCUT2D eigenvalue weighted by Crippen LogP contribution is -2.24. The van der Waals surface area contributed by atoms with Gasteiger partial charge in [-0.3, -0.25) is 14.0 Å². The molecule has 0 fully saturated rings. The van der Waals surface area contributed by atoms with E-state index in [1.807, 2.05) is 0 Å². The highest BCUT2D eigenvalue weighted by Crippen LogP contribution is 2.32. The van der Waals surface area contributed by atoms with Crippen molar-refractivity contribution in [2.45, 2.75) is 26.2 Å². The number of aromatic nitrogens is 2. The first-order valence-corrected chi connectivity index (χ1v) is 9.86. The Kier molecular flexibility index (Phi) is 5.81. The Morgan fingerprint density at radius 3 is 2.63 bits per heavy atom. The molecule has 0 atom stereocenters. The van der Waals surface area contributed by atoms with Crippen LogP contribution in [0.25, 0.3) is 16.6 Å². The minimum absolute atomic E-state index is 0.236. The van der Waals surface area contributed by atoms with Gasteiger partial charge in [0.2, 0.25) is 0 Å². The van der Waals surface area contributed by atoms with E-state index in [2.05, 4.69) is 17.2 Å². The number of aromatic amines is 1. The minimum atomic E-state index is -0.321. The summed E-state index contributed by atoms with van der Waals surface area (Å²) in [6.07, 6.45) is 3.04. The number of hydrogen-bond acceptors (Lipinski definition) is 6. The number of hydrogen-bond donors (Lipinski definition) is 2. The van der Waals surface area contributed by atoms with Gasteiger partial charge >= 0.3 is 0 Å². The van der Waals surface area contributed by atoms with Crippen molar-refractivity contribution in [1.82, 2.24) is 14.7 Å². The molecule has 9 heteroatoms. The fourth-order valence-corrected chi connectivity index (χ4v) is 4.23. The van der Waals surface area contributed by atoms with Crippen molar-refractivity contribution < 1.29 is 14.3 Å². The number of amides is 1. The zero-order valence-corrected chi connectivity index (χ0v) is 17.0. The molecule has 0 saturated heterocycles. The first-order valence-electron chi connectivity index (χ1n) is 8.63. The van der Waals surface area contributed by atoms with Crippen LogP contribution in [0.4, 0.5) is 0 Å². The molecule has 2 N–H and O–H groups in total. The van der Waals surface area contributed by atoms with Gasteiger partial charge in [0.25, 0.3) is 11.5 Å². The number of fused-ring (bicyclic) bond motifs is 3. The molecular weight excluding hydrogens is 386 g/mol. The summed E-state index contributed by atoms with van der Waals surface area (Å²) in [5.74, 6) is 0.696. The first-order chi connectivity index (χ1) is 13.0. The maximum atomic E-state index is 12.6. The van der Waals surface area contributed by atoms with E-state index in [1.54, 1.807) is 16.5 Å². The highest BCUT2D eigenvalue weighted by molar-refractivity contribution is 7.73. The van der Waals surface area contributed by atoms with Crippen molar-refractivity contribution in [2.24, 2.45) is 0 Å². The fourth-order valence-electron chi connectivity index (χ4n) is 2.93. The number of thiazole rings is 1. The van der Waals surface area contributed by atoms with Crippen LogP contribution in [0, 0.1) is 3.95 Å². The largest absolute Gasteiger partial charge is 0.493 e. The molecule has 3 aromatic rings. The van der Waals surface area contributed by atoms with E-state index in [9.17, 15) is 9.59 Å². The van der Waals surface area contributed by atoms with Crippen LogP contribution in [0.15, 0.2) is 16.9 Å². The zero-order chi connectivity index (χ0) is 19.6. The van der Waals surface area contributed by atoms with E-state index in [0.29, 0.717) is 43.4 Å². The standard InChI is InChI=1S/C18H21N3O4S2/c1-4-5-6-7-19-17(23)14-15-20-16(22)10-8-12(24-2)13(25-3)9-11(10)21(15)18(26)27-14/h8-9H,4-7H2,1-3H3,(H,19,23)(H,20,22). The van der Waals surface area contributed by atoms with E-state index < -0.39 is 0 Å². The second-order valence-corrected chi connectivity index (χ2v) is 7.67. The highest BCUT2D eigenvalue weighted by atomic mass is 32.1. The Bertz CT molecular complexity index is 1110. The van der Waals surface area contributed by atoms with Crippen LogP contribution in [0.5, 0.6) is 11.5 Å². The maximum absolute atomic E-state index is 12.6. The van der Waals surface area contributed by atoms with Gasteiger partial charge in [-0.1, -0.05) is 31.1 Å². The molecule has 7 nitrogen and oxygen atoms in total. The number of ether oxygens (including phenoxy) is 2. The Morgan fingerprint density at radius 1 is 1.26 bits per heavy atom. The van der Waals surface area contributed by atoms with Crippen LogP contribution in [-0.4, -0.2) is 36.1 Å². The Morgan fingerprint density at radius 2 is 1.96 bits per heavy atom. The average Bonchev–Trinajstić information content (AvgIpc) is 3.00. The Hall–Kier alpha value is -2.39. The summed E-state index contributed by atoms with van der Waals surface area (Å²) in [7, 11) is 3.03. The van der Waals surface area contributed by atoms with Crippen LogP contribution in [0.3, 0.4) is 0 Å². The van der Waals surface area contributed by atoms with E-state index in [0.717, 1.165) is 19.3 Å². The number of unbranched alkanes of at least 4 members (excludes halogenated alkanes) is 2. The molecule has 0 bridgehead atoms. The van der Waals surface area contributed by atoms with Crippen molar-refractivity contribution in [3.8, 4) is 11.5 Å². The molecule has 1 aromatic carbocycles. The van der Waals surface area contributed by atoms with E-state index in [4.69, 9.17) is 21.7 Å². The molecule has 27 heavy (non-hydrogen) atoms. The second-order valence-electron chi connectivity index (χ2n) is 6.02. The van der Waals surface area contributed by atoms with Crippen molar-refractivity contribution in [2.75, 3.05) is 20.8 Å². The van der Waals surface area contributed by atoms with Gasteiger partial charge in [0.15, 0.2) is 15.5 Å². The molecule has 2 aromatic heterocycles. The molecule has 144 valence electrons. The van der Waals surface area contributed by atoms with Gasteiger partial charge in [0.05, 0.1) is 25.1 Å². The number of rotatable bonds is 7. The summed E-state index contributed by atoms with van der Waals surface area (Å²) in [6, 6.07) is 3.30. The normalized spacial score (nSPS) is 11.1. The number of H-pyrrole nitrogens is 1. The third-order valence-electron chi connectivity index (χ3n) is 4.30. The molecule has 0 spiro atoms. The molecule has 0 aliphatic heterocycles. The molecule has 0 aliphatic carbocycles. The highest BCUT2D eigenvalue weighted by Gasteiger charge is 2.19. The average molecular weight is 408 g/mol. The number of methoxy groups -OCH3 is 2. The van der Waals surface area contributed by atoms with Crippen molar-refractivity contribution in [1.29, 1.82) is 0 Å². The summed E-state index contributed by atoms with van der Waals surface area (Å²) in [6.45, 7) is 2.69. The Balaban J connectivity index is 2.16. The molecule has 0 radical (unpaired) electrons. The molecule has 1 amide bonds. The van der Waals surface area contributed by atoms with Gasteiger partial charge < -0.3 is 19.8 Å². The fraction of sp³-hybridized carbons (Fsp3) is 0.389. The van der Waals surface area contributed by atoms with Crippen molar-refractivity contribution in [3.05, 3.63) is 31.3 Å². The van der Waals surface area contributed by atoms with E-state index in [1.165, 1.54) is 25.6 Å². The van der Waals surface area contributed by atoms with Crippen LogP contribution in [-0.2, 0) is 0 Å². The summed E-state index contributed by atoms with van der Waals surface area (Å²) in [4.78, 5) is 28.4. The minimum Gasteiger partial charge on any atom is -0.493 e. The predicted octanol–water partition coefficient (Wildman–Crippen LogP) is 3.51. The molecule has 3 rings (SSSR count). The number of carbonyl (C=O) groups excluding carboxylic acids is 1. The van der Waals surface area contributed by atoms with Gasteiger partial charge in [-0.25, -0.2) is 0 Å². The van der Waals surface area contributed by atoms with Crippen LogP contribution < -0.4 is 20.3 Å². The number of nitrogens with one attached hydrogen (secondary N) is 2. The summed E-state index contributed by atoms with van der Waals surface area (Å²) in [5.41, 5.74) is 0.638. The maximum Gasteiger partial charge on any atom is 0.265 e. The summed E-state index contributed by atoms with van der Waals surface area (Å²) >= 11 is 6.64. The van der Waals surface area contributed by atoms with Crippen LogP contribution >= 0.6 is 23.6 Å². The SMILES string of the molecule is CCCCCNC(=O)c1sc(=S)n2c1[nH]c(=O)c1cc(OC)c(OC)cc12. The third kappa shape index (κ3) is 3.57. The number of nitrogens with zero attached hydrogens (tertiary/aromatic N) is 1. The lowest BCUT2D eigenvalue weighted by Gasteiger charge is -2.10. The van der Waals surface area contributed by atoms with Crippen LogP contribution in [0.2, 0.25) is 0 Å². The monoisotopic (exact) mass is 407 g/mol. The topological polar surface area (TPSA) is 84.8 Å².